The van der Waals surface area contributed by atoms with Crippen LogP contribution in [0.15, 0.2) is 78.0 Å². The zero-order valence-corrected chi connectivity index (χ0v) is 19.4. The second kappa shape index (κ2) is 10.6. The van der Waals surface area contributed by atoms with Crippen LogP contribution >= 0.6 is 0 Å². The molecule has 0 spiro atoms. The largest absolute Gasteiger partial charge is 0.497 e. The summed E-state index contributed by atoms with van der Waals surface area (Å²) in [6, 6.07) is 19.1. The van der Waals surface area contributed by atoms with Gasteiger partial charge in [0, 0.05) is 36.4 Å². The van der Waals surface area contributed by atoms with Gasteiger partial charge in [0.25, 0.3) is 0 Å². The Morgan fingerprint density at radius 2 is 1.73 bits per heavy atom. The third-order valence-corrected chi connectivity index (χ3v) is 6.95. The Morgan fingerprint density at radius 1 is 0.939 bits per heavy atom. The van der Waals surface area contributed by atoms with E-state index in [0.717, 1.165) is 41.5 Å². The summed E-state index contributed by atoms with van der Waals surface area (Å²) in [4.78, 5) is 7.80. The van der Waals surface area contributed by atoms with E-state index in [1.807, 2.05) is 18.5 Å². The second-order valence-corrected chi connectivity index (χ2v) is 9.53. The molecule has 0 atom stereocenters. The van der Waals surface area contributed by atoms with E-state index in [2.05, 4.69) is 50.3 Å². The Hall–Kier alpha value is -3.20. The molecule has 7 nitrogen and oxygen atoms in total. The fourth-order valence-corrected chi connectivity index (χ4v) is 4.65. The molecule has 2 heterocycles. The summed E-state index contributed by atoms with van der Waals surface area (Å²) >= 11 is 0. The third-order valence-electron chi connectivity index (χ3n) is 5.47. The number of sulfonamides is 1. The highest BCUT2D eigenvalue weighted by Gasteiger charge is 2.12. The van der Waals surface area contributed by atoms with Crippen LogP contribution in [0.4, 0.5) is 0 Å². The van der Waals surface area contributed by atoms with Crippen molar-refractivity contribution in [1.29, 1.82) is 0 Å². The smallest absolute Gasteiger partial charge is 0.240 e. The van der Waals surface area contributed by atoms with Gasteiger partial charge in [0.05, 0.1) is 12.0 Å². The first kappa shape index (κ1) is 23.0. The third kappa shape index (κ3) is 5.98. The SMILES string of the molecule is COc1ccc(S(=O)(=O)NCCNCCCc2ccc(-c3cnc4[nH]ccc4c3)cc2)cc1. The van der Waals surface area contributed by atoms with Crippen molar-refractivity contribution in [2.45, 2.75) is 17.7 Å². The highest BCUT2D eigenvalue weighted by atomic mass is 32.2. The molecule has 0 aliphatic heterocycles. The number of aryl methyl sites for hydroxylation is 1. The van der Waals surface area contributed by atoms with E-state index < -0.39 is 10.0 Å². The number of pyridine rings is 1. The van der Waals surface area contributed by atoms with Gasteiger partial charge in [-0.25, -0.2) is 18.1 Å². The molecule has 0 saturated carbocycles. The number of fused-ring (bicyclic) bond motifs is 1. The van der Waals surface area contributed by atoms with Gasteiger partial charge in [-0.05, 0) is 66.9 Å². The molecule has 2 aromatic heterocycles. The number of rotatable bonds is 11. The molecule has 3 N–H and O–H groups in total. The zero-order chi connectivity index (χ0) is 23.1. The molecule has 0 radical (unpaired) electrons. The average molecular weight is 465 g/mol. The van der Waals surface area contributed by atoms with E-state index in [1.165, 1.54) is 17.7 Å². The summed E-state index contributed by atoms with van der Waals surface area (Å²) in [6.45, 7) is 1.73. The summed E-state index contributed by atoms with van der Waals surface area (Å²) in [5, 5.41) is 4.40. The molecule has 0 aliphatic carbocycles. The average Bonchev–Trinajstić information content (AvgIpc) is 3.32. The molecule has 33 heavy (non-hydrogen) atoms. The minimum Gasteiger partial charge on any atom is -0.497 e. The number of nitrogens with one attached hydrogen (secondary N) is 3. The van der Waals surface area contributed by atoms with Gasteiger partial charge in [-0.3, -0.25) is 0 Å². The number of benzene rings is 2. The first-order chi connectivity index (χ1) is 16.0. The van der Waals surface area contributed by atoms with E-state index >= 15 is 0 Å². The molecule has 0 fully saturated rings. The molecule has 0 saturated heterocycles. The summed E-state index contributed by atoms with van der Waals surface area (Å²) < 4.78 is 32.3. The van der Waals surface area contributed by atoms with Crippen LogP contribution in [0.1, 0.15) is 12.0 Å². The highest BCUT2D eigenvalue weighted by Crippen LogP contribution is 2.23. The predicted molar refractivity (Wildman–Crippen MR) is 131 cm³/mol. The monoisotopic (exact) mass is 464 g/mol. The Labute approximate surface area is 194 Å². The van der Waals surface area contributed by atoms with Gasteiger partial charge < -0.3 is 15.0 Å². The molecule has 2 aromatic carbocycles. The molecular formula is C25H28N4O3S. The predicted octanol–water partition coefficient (Wildman–Crippen LogP) is 3.74. The Kier molecular flexibility index (Phi) is 7.39. The number of methoxy groups -OCH3 is 1. The zero-order valence-electron chi connectivity index (χ0n) is 18.5. The topological polar surface area (TPSA) is 96.1 Å². The van der Waals surface area contributed by atoms with Crippen LogP contribution in [0, 0.1) is 0 Å². The van der Waals surface area contributed by atoms with Crippen LogP contribution in [0.25, 0.3) is 22.2 Å². The second-order valence-electron chi connectivity index (χ2n) is 7.76. The van der Waals surface area contributed by atoms with Gasteiger partial charge in [0.2, 0.25) is 10.0 Å². The number of H-pyrrole nitrogens is 1. The minimum atomic E-state index is -3.51. The van der Waals surface area contributed by atoms with E-state index in [4.69, 9.17) is 4.74 Å². The lowest BCUT2D eigenvalue weighted by Crippen LogP contribution is -2.32. The lowest BCUT2D eigenvalue weighted by molar-refractivity contribution is 0.414. The van der Waals surface area contributed by atoms with Crippen molar-refractivity contribution in [2.24, 2.45) is 0 Å². The maximum atomic E-state index is 12.3. The lowest BCUT2D eigenvalue weighted by atomic mass is 10.0. The van der Waals surface area contributed by atoms with E-state index in [0.29, 0.717) is 18.8 Å². The van der Waals surface area contributed by atoms with Crippen molar-refractivity contribution in [1.82, 2.24) is 20.0 Å². The van der Waals surface area contributed by atoms with Crippen LogP contribution < -0.4 is 14.8 Å². The molecule has 8 heteroatoms. The van der Waals surface area contributed by atoms with Crippen LogP contribution in [0.5, 0.6) is 5.75 Å². The Bertz CT molecular complexity index is 1280. The normalized spacial score (nSPS) is 11.7. The highest BCUT2D eigenvalue weighted by molar-refractivity contribution is 7.89. The van der Waals surface area contributed by atoms with E-state index in [-0.39, 0.29) is 4.90 Å². The Morgan fingerprint density at radius 3 is 2.48 bits per heavy atom. The van der Waals surface area contributed by atoms with Crippen molar-refractivity contribution < 1.29 is 13.2 Å². The van der Waals surface area contributed by atoms with Crippen LogP contribution in [0.3, 0.4) is 0 Å². The number of hydrogen-bond donors (Lipinski definition) is 3. The van der Waals surface area contributed by atoms with Gasteiger partial charge in [-0.15, -0.1) is 0 Å². The van der Waals surface area contributed by atoms with Crippen molar-refractivity contribution >= 4 is 21.1 Å². The number of ether oxygens (including phenoxy) is 1. The van der Waals surface area contributed by atoms with Gasteiger partial charge in [-0.1, -0.05) is 24.3 Å². The summed E-state index contributed by atoms with van der Waals surface area (Å²) in [5.41, 5.74) is 4.43. The summed E-state index contributed by atoms with van der Waals surface area (Å²) in [5.74, 6) is 0.625. The number of hydrogen-bond acceptors (Lipinski definition) is 5. The van der Waals surface area contributed by atoms with Gasteiger partial charge in [-0.2, -0.15) is 0 Å². The number of aromatic amines is 1. The van der Waals surface area contributed by atoms with Gasteiger partial charge >= 0.3 is 0 Å². The summed E-state index contributed by atoms with van der Waals surface area (Å²) in [7, 11) is -1.96. The first-order valence-corrected chi connectivity index (χ1v) is 12.4. The van der Waals surface area contributed by atoms with E-state index in [1.54, 1.807) is 19.2 Å². The minimum absolute atomic E-state index is 0.232. The molecule has 0 unspecified atom stereocenters. The lowest BCUT2D eigenvalue weighted by Gasteiger charge is -2.09. The molecular weight excluding hydrogens is 436 g/mol. The maximum absolute atomic E-state index is 12.3. The molecule has 172 valence electrons. The number of nitrogens with zero attached hydrogens (tertiary/aromatic N) is 1. The summed E-state index contributed by atoms with van der Waals surface area (Å²) in [6.07, 6.45) is 5.72. The van der Waals surface area contributed by atoms with Crippen molar-refractivity contribution in [3.8, 4) is 16.9 Å². The van der Waals surface area contributed by atoms with E-state index in [9.17, 15) is 8.42 Å². The van der Waals surface area contributed by atoms with Crippen molar-refractivity contribution in [3.63, 3.8) is 0 Å². The molecule has 0 amide bonds. The van der Waals surface area contributed by atoms with Crippen molar-refractivity contribution in [3.05, 3.63) is 78.6 Å². The quantitative estimate of drug-likeness (QED) is 0.294. The molecule has 4 aromatic rings. The van der Waals surface area contributed by atoms with Gasteiger partial charge in [0.15, 0.2) is 0 Å². The Balaban J connectivity index is 1.16. The molecule has 0 aliphatic rings. The maximum Gasteiger partial charge on any atom is 0.240 e. The van der Waals surface area contributed by atoms with Crippen LogP contribution in [-0.2, 0) is 16.4 Å². The number of aromatic nitrogens is 2. The fourth-order valence-electron chi connectivity index (χ4n) is 3.62. The fraction of sp³-hybridized carbons (Fsp3) is 0.240. The van der Waals surface area contributed by atoms with Crippen molar-refractivity contribution in [2.75, 3.05) is 26.7 Å². The molecule has 4 rings (SSSR count). The standard InChI is InChI=1S/C25H28N4O3S/c1-32-23-8-10-24(11-9-23)33(30,31)29-16-15-26-13-2-3-19-4-6-20(7-5-19)22-17-21-12-14-27-25(21)28-18-22/h4-12,14,17-18,26,29H,2-3,13,15-16H2,1H3,(H,27,28). The molecule has 0 bridgehead atoms. The first-order valence-electron chi connectivity index (χ1n) is 10.9. The van der Waals surface area contributed by atoms with Crippen LogP contribution in [-0.4, -0.2) is 45.1 Å². The van der Waals surface area contributed by atoms with Crippen LogP contribution in [0.2, 0.25) is 0 Å². The van der Waals surface area contributed by atoms with Gasteiger partial charge in [0.1, 0.15) is 11.4 Å².